The Bertz CT molecular complexity index is 373. The first-order chi connectivity index (χ1) is 10.9. The summed E-state index contributed by atoms with van der Waals surface area (Å²) in [6.45, 7) is 0.667. The van der Waals surface area contributed by atoms with E-state index in [4.69, 9.17) is 0 Å². The Morgan fingerprint density at radius 2 is 1.70 bits per heavy atom. The molecule has 0 bridgehead atoms. The molecular weight excluding hydrogens is 307 g/mol. The Kier molecular flexibility index (Phi) is 6.74. The number of alkyl halides is 3. The smallest absolute Gasteiger partial charge is 0.383 e. The highest BCUT2D eigenvalue weighted by atomic mass is 19.4. The number of hydrogen-bond donors (Lipinski definition) is 1. The quantitative estimate of drug-likeness (QED) is 0.828. The summed E-state index contributed by atoms with van der Waals surface area (Å²) < 4.78 is 37.5. The van der Waals surface area contributed by atoms with E-state index in [9.17, 15) is 23.1 Å². The third-order valence-corrected chi connectivity index (χ3v) is 5.40. The summed E-state index contributed by atoms with van der Waals surface area (Å²) in [6, 6.07) is 0. The van der Waals surface area contributed by atoms with Crippen molar-refractivity contribution in [3.8, 4) is 0 Å². The average molecular weight is 335 g/mol. The van der Waals surface area contributed by atoms with Crippen LogP contribution in [0.15, 0.2) is 0 Å². The van der Waals surface area contributed by atoms with E-state index >= 15 is 0 Å². The van der Waals surface area contributed by atoms with Crippen LogP contribution in [0.1, 0.15) is 64.2 Å². The van der Waals surface area contributed by atoms with Crippen molar-refractivity contribution in [1.82, 2.24) is 4.90 Å². The molecule has 1 heterocycles. The fraction of sp³-hybridized carbons (Fsp3) is 0.941. The maximum Gasteiger partial charge on any atom is 0.414 e. The number of carbonyl (C=O) groups excluding carboxylic acids is 1. The molecule has 1 atom stereocenters. The third-order valence-electron chi connectivity index (χ3n) is 5.40. The Hall–Kier alpha value is -0.780. The molecule has 1 aliphatic heterocycles. The van der Waals surface area contributed by atoms with Gasteiger partial charge in [0, 0.05) is 19.5 Å². The van der Waals surface area contributed by atoms with Crippen molar-refractivity contribution >= 4 is 5.91 Å². The van der Waals surface area contributed by atoms with E-state index in [-0.39, 0.29) is 18.7 Å². The maximum absolute atomic E-state index is 12.5. The number of aliphatic hydroxyl groups is 1. The van der Waals surface area contributed by atoms with Gasteiger partial charge in [0.25, 0.3) is 0 Å². The highest BCUT2D eigenvalue weighted by Crippen LogP contribution is 2.32. The Morgan fingerprint density at radius 3 is 2.26 bits per heavy atom. The van der Waals surface area contributed by atoms with E-state index in [0.29, 0.717) is 19.5 Å². The summed E-state index contributed by atoms with van der Waals surface area (Å²) in [5.41, 5.74) is 0. The number of aliphatic hydroxyl groups excluding tert-OH is 1. The van der Waals surface area contributed by atoms with Crippen LogP contribution >= 0.6 is 0 Å². The number of carbonyl (C=O) groups is 1. The van der Waals surface area contributed by atoms with Gasteiger partial charge in [-0.3, -0.25) is 4.79 Å². The van der Waals surface area contributed by atoms with E-state index < -0.39 is 18.2 Å². The summed E-state index contributed by atoms with van der Waals surface area (Å²) in [4.78, 5) is 13.8. The molecule has 1 aliphatic carbocycles. The zero-order chi connectivity index (χ0) is 16.9. The second kappa shape index (κ2) is 8.36. The number of hydrogen-bond acceptors (Lipinski definition) is 2. The minimum absolute atomic E-state index is 0.0563. The molecule has 134 valence electrons. The van der Waals surface area contributed by atoms with Gasteiger partial charge in [-0.05, 0) is 37.5 Å². The number of halogens is 3. The lowest BCUT2D eigenvalue weighted by Crippen LogP contribution is -2.45. The standard InChI is InChI=1S/C17H28F3NO2/c18-17(19,20)16(23)14-9-11-21(12-10-14)15(22)8-4-7-13-5-2-1-3-6-13/h13-14,16,23H,1-12H2. The highest BCUT2D eigenvalue weighted by molar-refractivity contribution is 5.76. The molecule has 1 saturated heterocycles. The zero-order valence-electron chi connectivity index (χ0n) is 13.7. The molecule has 2 aliphatic rings. The monoisotopic (exact) mass is 335 g/mol. The number of amides is 1. The van der Waals surface area contributed by atoms with Crippen LogP contribution in [0.5, 0.6) is 0 Å². The van der Waals surface area contributed by atoms with Crippen molar-refractivity contribution in [2.24, 2.45) is 11.8 Å². The predicted octanol–water partition coefficient (Wildman–Crippen LogP) is 3.90. The zero-order valence-corrected chi connectivity index (χ0v) is 13.7. The summed E-state index contributed by atoms with van der Waals surface area (Å²) in [5.74, 6) is 0.0336. The topological polar surface area (TPSA) is 40.5 Å². The van der Waals surface area contributed by atoms with Gasteiger partial charge < -0.3 is 10.0 Å². The number of piperidine rings is 1. The molecular formula is C17H28F3NO2. The van der Waals surface area contributed by atoms with Crippen LogP contribution in [0.25, 0.3) is 0 Å². The Labute approximate surface area is 136 Å². The lowest BCUT2D eigenvalue weighted by Gasteiger charge is -2.35. The van der Waals surface area contributed by atoms with Crippen molar-refractivity contribution in [2.45, 2.75) is 76.5 Å². The van der Waals surface area contributed by atoms with Crippen LogP contribution in [0.3, 0.4) is 0 Å². The van der Waals surface area contributed by atoms with E-state index in [1.54, 1.807) is 4.90 Å². The molecule has 2 fully saturated rings. The molecule has 0 aromatic carbocycles. The largest absolute Gasteiger partial charge is 0.414 e. The first kappa shape index (κ1) is 18.6. The summed E-state index contributed by atoms with van der Waals surface area (Å²) in [7, 11) is 0. The lowest BCUT2D eigenvalue weighted by molar-refractivity contribution is -0.222. The van der Waals surface area contributed by atoms with Crippen LogP contribution < -0.4 is 0 Å². The molecule has 1 N–H and O–H groups in total. The molecule has 3 nitrogen and oxygen atoms in total. The minimum Gasteiger partial charge on any atom is -0.383 e. The second-order valence-corrected chi connectivity index (χ2v) is 7.10. The number of nitrogens with zero attached hydrogens (tertiary/aromatic N) is 1. The molecule has 0 aromatic rings. The minimum atomic E-state index is -4.56. The fourth-order valence-electron chi connectivity index (χ4n) is 3.91. The van der Waals surface area contributed by atoms with E-state index in [0.717, 1.165) is 18.8 Å². The number of likely N-dealkylation sites (tertiary alicyclic amines) is 1. The van der Waals surface area contributed by atoms with Crippen molar-refractivity contribution in [1.29, 1.82) is 0 Å². The van der Waals surface area contributed by atoms with Gasteiger partial charge in [-0.1, -0.05) is 32.1 Å². The molecule has 23 heavy (non-hydrogen) atoms. The Morgan fingerprint density at radius 1 is 1.09 bits per heavy atom. The maximum atomic E-state index is 12.5. The third kappa shape index (κ3) is 5.66. The molecule has 0 radical (unpaired) electrons. The van der Waals surface area contributed by atoms with Crippen molar-refractivity contribution < 1.29 is 23.1 Å². The van der Waals surface area contributed by atoms with Gasteiger partial charge in [-0.25, -0.2) is 0 Å². The van der Waals surface area contributed by atoms with Crippen molar-refractivity contribution in [3.63, 3.8) is 0 Å². The molecule has 2 rings (SSSR count). The van der Waals surface area contributed by atoms with Crippen LogP contribution in [-0.4, -0.2) is 41.3 Å². The summed E-state index contributed by atoms with van der Waals surface area (Å²) in [5, 5.41) is 9.29. The van der Waals surface area contributed by atoms with Crippen molar-refractivity contribution in [2.75, 3.05) is 13.1 Å². The first-order valence-corrected chi connectivity index (χ1v) is 8.90. The first-order valence-electron chi connectivity index (χ1n) is 8.90. The SMILES string of the molecule is O=C(CCCC1CCCCC1)N1CCC(C(O)C(F)(F)F)CC1. The van der Waals surface area contributed by atoms with Gasteiger partial charge in [-0.2, -0.15) is 13.2 Å². The normalized spacial score (nSPS) is 23.0. The summed E-state index contributed by atoms with van der Waals surface area (Å²) in [6.07, 6.45) is 2.60. The molecule has 1 unspecified atom stereocenters. The second-order valence-electron chi connectivity index (χ2n) is 7.10. The fourth-order valence-corrected chi connectivity index (χ4v) is 3.91. The van der Waals surface area contributed by atoms with Gasteiger partial charge in [0.05, 0.1) is 0 Å². The lowest BCUT2D eigenvalue weighted by atomic mass is 9.85. The van der Waals surface area contributed by atoms with Crippen LogP contribution in [0, 0.1) is 11.8 Å². The van der Waals surface area contributed by atoms with E-state index in [2.05, 4.69) is 0 Å². The van der Waals surface area contributed by atoms with Gasteiger partial charge in [0.1, 0.15) is 0 Å². The van der Waals surface area contributed by atoms with Gasteiger partial charge in [-0.15, -0.1) is 0 Å². The Balaban J connectivity index is 1.65. The van der Waals surface area contributed by atoms with Gasteiger partial charge in [0.15, 0.2) is 6.10 Å². The van der Waals surface area contributed by atoms with Crippen LogP contribution in [0.4, 0.5) is 13.2 Å². The predicted molar refractivity (Wildman–Crippen MR) is 81.8 cm³/mol. The summed E-state index contributed by atoms with van der Waals surface area (Å²) >= 11 is 0. The van der Waals surface area contributed by atoms with E-state index in [1.807, 2.05) is 0 Å². The number of rotatable bonds is 5. The molecule has 1 amide bonds. The van der Waals surface area contributed by atoms with E-state index in [1.165, 1.54) is 32.1 Å². The molecule has 0 spiro atoms. The van der Waals surface area contributed by atoms with Crippen molar-refractivity contribution in [3.05, 3.63) is 0 Å². The molecule has 6 heteroatoms. The van der Waals surface area contributed by atoms with Gasteiger partial charge >= 0.3 is 6.18 Å². The molecule has 0 aromatic heterocycles. The average Bonchev–Trinajstić information content (AvgIpc) is 2.54. The van der Waals surface area contributed by atoms with Crippen LogP contribution in [-0.2, 0) is 4.79 Å². The van der Waals surface area contributed by atoms with Crippen LogP contribution in [0.2, 0.25) is 0 Å². The van der Waals surface area contributed by atoms with Gasteiger partial charge in [0.2, 0.25) is 5.91 Å². The highest BCUT2D eigenvalue weighted by Gasteiger charge is 2.44. The molecule has 1 saturated carbocycles.